The molecule has 122 valence electrons. The zero-order chi connectivity index (χ0) is 16.5. The Balaban J connectivity index is 1.59. The molecule has 0 unspecified atom stereocenters. The lowest BCUT2D eigenvalue weighted by Gasteiger charge is -2.34. The van der Waals surface area contributed by atoms with Gasteiger partial charge in [-0.05, 0) is 29.0 Å². The molecule has 2 aromatic heterocycles. The minimum Gasteiger partial charge on any atom is -0.438 e. The van der Waals surface area contributed by atoms with Gasteiger partial charge in [-0.3, -0.25) is 9.69 Å². The molecule has 0 saturated heterocycles. The zero-order valence-corrected chi connectivity index (χ0v) is 13.8. The first-order valence-electron chi connectivity index (χ1n) is 7.82. The van der Waals surface area contributed by atoms with Crippen molar-refractivity contribution in [2.24, 2.45) is 5.73 Å². The lowest BCUT2D eigenvalue weighted by Crippen LogP contribution is -2.42. The molecular weight excluding hydrogens is 322 g/mol. The van der Waals surface area contributed by atoms with Gasteiger partial charge in [-0.1, -0.05) is 30.3 Å². The molecule has 1 aliphatic heterocycles. The quantitative estimate of drug-likeness (QED) is 0.793. The van der Waals surface area contributed by atoms with Crippen molar-refractivity contribution in [3.8, 4) is 10.6 Å². The number of carbonyl (C=O) groups excluding carboxylic acids is 1. The van der Waals surface area contributed by atoms with Crippen LogP contribution in [0.1, 0.15) is 23.1 Å². The van der Waals surface area contributed by atoms with Crippen LogP contribution in [-0.2, 0) is 17.8 Å². The number of amides is 1. The first-order valence-corrected chi connectivity index (χ1v) is 8.70. The molecule has 1 amide bonds. The first kappa shape index (κ1) is 15.1. The van der Waals surface area contributed by atoms with Gasteiger partial charge in [0.15, 0.2) is 5.76 Å². The number of hydrogen-bond acceptors (Lipinski definition) is 5. The number of benzene rings is 1. The minimum absolute atomic E-state index is 0.341. The Hall–Kier alpha value is -2.44. The van der Waals surface area contributed by atoms with Crippen molar-refractivity contribution in [3.63, 3.8) is 0 Å². The van der Waals surface area contributed by atoms with Gasteiger partial charge in [-0.15, -0.1) is 11.3 Å². The van der Waals surface area contributed by atoms with E-state index in [9.17, 15) is 4.79 Å². The molecule has 0 spiro atoms. The van der Waals surface area contributed by atoms with Gasteiger partial charge in [0.05, 0.1) is 17.6 Å². The SMILES string of the molecule is NC(=O)[C@@H]1c2ccccc2CCN1Cc1ncc(-c2cccs2)o1. The Bertz CT molecular complexity index is 857. The summed E-state index contributed by atoms with van der Waals surface area (Å²) in [6.45, 7) is 1.22. The Kier molecular flexibility index (Phi) is 3.92. The molecule has 5 nitrogen and oxygen atoms in total. The van der Waals surface area contributed by atoms with E-state index in [4.69, 9.17) is 10.2 Å². The molecule has 2 N–H and O–H groups in total. The Morgan fingerprint density at radius 1 is 1.33 bits per heavy atom. The molecule has 1 aromatic carbocycles. The van der Waals surface area contributed by atoms with E-state index in [1.54, 1.807) is 17.5 Å². The molecule has 1 atom stereocenters. The average Bonchev–Trinajstić information content (AvgIpc) is 3.25. The van der Waals surface area contributed by atoms with Crippen LogP contribution in [0.5, 0.6) is 0 Å². The van der Waals surface area contributed by atoms with Gasteiger partial charge in [0.2, 0.25) is 11.8 Å². The van der Waals surface area contributed by atoms with E-state index in [0.29, 0.717) is 12.4 Å². The summed E-state index contributed by atoms with van der Waals surface area (Å²) < 4.78 is 5.85. The fourth-order valence-electron chi connectivity index (χ4n) is 3.21. The molecule has 6 heteroatoms. The van der Waals surface area contributed by atoms with E-state index in [1.807, 2.05) is 40.6 Å². The van der Waals surface area contributed by atoms with Crippen LogP contribution in [0, 0.1) is 0 Å². The first-order chi connectivity index (χ1) is 11.7. The highest BCUT2D eigenvalue weighted by atomic mass is 32.1. The monoisotopic (exact) mass is 339 g/mol. The van der Waals surface area contributed by atoms with Crippen molar-refractivity contribution in [3.05, 3.63) is 65.0 Å². The molecule has 1 aliphatic rings. The van der Waals surface area contributed by atoms with Gasteiger partial charge in [-0.25, -0.2) is 4.98 Å². The third-order valence-corrected chi connectivity index (χ3v) is 5.19. The van der Waals surface area contributed by atoms with Crippen LogP contribution in [-0.4, -0.2) is 22.3 Å². The fraction of sp³-hybridized carbons (Fsp3) is 0.222. The van der Waals surface area contributed by atoms with Gasteiger partial charge in [0.1, 0.15) is 6.04 Å². The maximum absolute atomic E-state index is 12.0. The minimum atomic E-state index is -0.438. The van der Waals surface area contributed by atoms with Crippen LogP contribution >= 0.6 is 11.3 Å². The summed E-state index contributed by atoms with van der Waals surface area (Å²) >= 11 is 1.61. The van der Waals surface area contributed by atoms with E-state index in [1.165, 1.54) is 5.56 Å². The van der Waals surface area contributed by atoms with E-state index in [-0.39, 0.29) is 5.91 Å². The number of nitrogens with two attached hydrogens (primary N) is 1. The number of oxazole rings is 1. The summed E-state index contributed by atoms with van der Waals surface area (Å²) in [5.74, 6) is 1.02. The molecule has 3 aromatic rings. The van der Waals surface area contributed by atoms with E-state index < -0.39 is 6.04 Å². The van der Waals surface area contributed by atoms with Crippen LogP contribution in [0.2, 0.25) is 0 Å². The summed E-state index contributed by atoms with van der Waals surface area (Å²) in [4.78, 5) is 19.5. The average molecular weight is 339 g/mol. The molecule has 3 heterocycles. The van der Waals surface area contributed by atoms with E-state index in [0.717, 1.165) is 29.2 Å². The number of hydrogen-bond donors (Lipinski definition) is 1. The van der Waals surface area contributed by atoms with E-state index in [2.05, 4.69) is 11.1 Å². The van der Waals surface area contributed by atoms with Crippen molar-refractivity contribution in [1.82, 2.24) is 9.88 Å². The molecule has 0 aliphatic carbocycles. The molecule has 0 saturated carbocycles. The molecule has 4 rings (SSSR count). The summed E-state index contributed by atoms with van der Waals surface area (Å²) in [5.41, 5.74) is 7.85. The maximum atomic E-state index is 12.0. The van der Waals surface area contributed by atoms with Crippen molar-refractivity contribution in [1.29, 1.82) is 0 Å². The number of primary amides is 1. The lowest BCUT2D eigenvalue weighted by molar-refractivity contribution is -0.124. The Morgan fingerprint density at radius 3 is 3.00 bits per heavy atom. The predicted molar refractivity (Wildman–Crippen MR) is 92.3 cm³/mol. The highest BCUT2D eigenvalue weighted by Gasteiger charge is 2.32. The van der Waals surface area contributed by atoms with Crippen LogP contribution in [0.3, 0.4) is 0 Å². The number of carbonyl (C=O) groups is 1. The van der Waals surface area contributed by atoms with Crippen LogP contribution in [0.4, 0.5) is 0 Å². The maximum Gasteiger partial charge on any atom is 0.239 e. The number of nitrogens with zero attached hydrogens (tertiary/aromatic N) is 2. The van der Waals surface area contributed by atoms with Crippen molar-refractivity contribution < 1.29 is 9.21 Å². The number of fused-ring (bicyclic) bond motifs is 1. The number of rotatable bonds is 4. The summed E-state index contributed by atoms with van der Waals surface area (Å²) in [5, 5.41) is 2.00. The Morgan fingerprint density at radius 2 is 2.21 bits per heavy atom. The van der Waals surface area contributed by atoms with Crippen molar-refractivity contribution in [2.75, 3.05) is 6.54 Å². The molecule has 0 fully saturated rings. The van der Waals surface area contributed by atoms with Gasteiger partial charge in [0.25, 0.3) is 0 Å². The lowest BCUT2D eigenvalue weighted by atomic mass is 9.92. The smallest absolute Gasteiger partial charge is 0.239 e. The topological polar surface area (TPSA) is 72.4 Å². The Labute approximate surface area is 143 Å². The van der Waals surface area contributed by atoms with Gasteiger partial charge in [-0.2, -0.15) is 0 Å². The summed E-state index contributed by atoms with van der Waals surface area (Å²) in [6, 6.07) is 11.5. The fourth-order valence-corrected chi connectivity index (χ4v) is 3.88. The highest BCUT2D eigenvalue weighted by molar-refractivity contribution is 7.13. The van der Waals surface area contributed by atoms with Gasteiger partial charge < -0.3 is 10.2 Å². The second kappa shape index (κ2) is 6.22. The molecule has 0 bridgehead atoms. The number of thiophene rings is 1. The zero-order valence-electron chi connectivity index (χ0n) is 13.0. The third-order valence-electron chi connectivity index (χ3n) is 4.31. The van der Waals surface area contributed by atoms with E-state index >= 15 is 0 Å². The molecule has 0 radical (unpaired) electrons. The number of aromatic nitrogens is 1. The second-order valence-electron chi connectivity index (χ2n) is 5.82. The van der Waals surface area contributed by atoms with Crippen LogP contribution < -0.4 is 5.73 Å². The van der Waals surface area contributed by atoms with Crippen molar-refractivity contribution in [2.45, 2.75) is 19.0 Å². The second-order valence-corrected chi connectivity index (χ2v) is 6.77. The predicted octanol–water partition coefficient (Wildman–Crippen LogP) is 2.99. The molecule has 24 heavy (non-hydrogen) atoms. The summed E-state index contributed by atoms with van der Waals surface area (Å²) in [6.07, 6.45) is 2.62. The summed E-state index contributed by atoms with van der Waals surface area (Å²) in [7, 11) is 0. The van der Waals surface area contributed by atoms with Gasteiger partial charge in [0, 0.05) is 6.54 Å². The van der Waals surface area contributed by atoms with Crippen LogP contribution in [0.15, 0.2) is 52.4 Å². The van der Waals surface area contributed by atoms with Crippen molar-refractivity contribution >= 4 is 17.2 Å². The molecular formula is C18H17N3O2S. The normalized spacial score (nSPS) is 17.6. The van der Waals surface area contributed by atoms with Gasteiger partial charge >= 0.3 is 0 Å². The standard InChI is InChI=1S/C18H17N3O2S/c19-18(22)17-13-5-2-1-4-12(13)7-8-21(17)11-16-20-10-14(23-16)15-6-3-9-24-15/h1-6,9-10,17H,7-8,11H2,(H2,19,22)/t17-/m0/s1. The largest absolute Gasteiger partial charge is 0.438 e. The third kappa shape index (κ3) is 2.74. The van der Waals surface area contributed by atoms with Crippen LogP contribution in [0.25, 0.3) is 10.6 Å². The highest BCUT2D eigenvalue weighted by Crippen LogP contribution is 2.31.